The lowest BCUT2D eigenvalue weighted by Gasteiger charge is -2.09. The lowest BCUT2D eigenvalue weighted by molar-refractivity contribution is 0.102. The summed E-state index contributed by atoms with van der Waals surface area (Å²) in [7, 11) is 0. The Kier molecular flexibility index (Phi) is 5.37. The fourth-order valence-corrected chi connectivity index (χ4v) is 3.24. The fourth-order valence-electron chi connectivity index (χ4n) is 2.05. The summed E-state index contributed by atoms with van der Waals surface area (Å²) in [5.74, 6) is 0.521. The van der Waals surface area contributed by atoms with Gasteiger partial charge >= 0.3 is 0 Å². The minimum atomic E-state index is 0.131. The Morgan fingerprint density at radius 1 is 0.952 bits per heavy atom. The first-order valence-corrected chi connectivity index (χ1v) is 8.31. The molecule has 0 N–H and O–H groups in total. The number of carbonyl (C=O) groups excluding carboxylic acids is 1. The van der Waals surface area contributed by atoms with Crippen LogP contribution in [0, 0.1) is 20.8 Å². The molecule has 110 valence electrons. The van der Waals surface area contributed by atoms with Gasteiger partial charge in [-0.15, -0.1) is 11.8 Å². The van der Waals surface area contributed by atoms with Crippen LogP contribution in [-0.4, -0.2) is 11.5 Å². The molecule has 0 heterocycles. The van der Waals surface area contributed by atoms with Gasteiger partial charge in [0.1, 0.15) is 0 Å². The predicted molar refractivity (Wildman–Crippen MR) is 92.2 cm³/mol. The minimum Gasteiger partial charge on any atom is -0.293 e. The molecule has 21 heavy (non-hydrogen) atoms. The van der Waals surface area contributed by atoms with Crippen molar-refractivity contribution in [2.75, 3.05) is 5.75 Å². The summed E-state index contributed by atoms with van der Waals surface area (Å²) in [6.07, 6.45) is 0. The largest absolute Gasteiger partial charge is 0.293 e. The van der Waals surface area contributed by atoms with Gasteiger partial charge < -0.3 is 0 Å². The number of thioether (sulfide) groups is 1. The van der Waals surface area contributed by atoms with E-state index in [0.717, 1.165) is 21.6 Å². The quantitative estimate of drug-likeness (QED) is 0.510. The van der Waals surface area contributed by atoms with Crippen molar-refractivity contribution in [3.63, 3.8) is 0 Å². The summed E-state index contributed by atoms with van der Waals surface area (Å²) in [5, 5.41) is 1.04. The fraction of sp³-hybridized carbons (Fsp3) is 0.235. The zero-order valence-corrected chi connectivity index (χ0v) is 14.5. The predicted octanol–water partition coefficient (Wildman–Crippen LogP) is 5.89. The summed E-state index contributed by atoms with van der Waals surface area (Å²) >= 11 is 13.3. The second-order valence-electron chi connectivity index (χ2n) is 5.04. The zero-order valence-electron chi connectivity index (χ0n) is 12.2. The zero-order chi connectivity index (χ0) is 15.6. The molecule has 0 radical (unpaired) electrons. The molecule has 0 unspecified atom stereocenters. The molecule has 0 aliphatic carbocycles. The third kappa shape index (κ3) is 4.03. The standard InChI is InChI=1S/C17H16Cl2OS/c1-10-6-12(3)14(7-11(10)2)17(20)9-21-13-4-5-15(18)16(19)8-13/h4-8H,9H2,1-3H3. The van der Waals surface area contributed by atoms with Crippen LogP contribution in [0.15, 0.2) is 35.2 Å². The SMILES string of the molecule is Cc1cc(C)c(C(=O)CSc2ccc(Cl)c(Cl)c2)cc1C. The van der Waals surface area contributed by atoms with Gasteiger partial charge in [-0.3, -0.25) is 4.79 Å². The van der Waals surface area contributed by atoms with Crippen LogP contribution in [0.1, 0.15) is 27.0 Å². The van der Waals surface area contributed by atoms with Gasteiger partial charge in [-0.1, -0.05) is 29.3 Å². The van der Waals surface area contributed by atoms with Gasteiger partial charge in [0.25, 0.3) is 0 Å². The van der Waals surface area contributed by atoms with E-state index in [1.165, 1.54) is 17.3 Å². The highest BCUT2D eigenvalue weighted by Gasteiger charge is 2.11. The number of hydrogen-bond donors (Lipinski definition) is 0. The van der Waals surface area contributed by atoms with Crippen molar-refractivity contribution in [1.82, 2.24) is 0 Å². The summed E-state index contributed by atoms with van der Waals surface area (Å²) in [5.41, 5.74) is 4.17. The molecule has 0 aromatic heterocycles. The summed E-state index contributed by atoms with van der Waals surface area (Å²) in [4.78, 5) is 13.3. The van der Waals surface area contributed by atoms with Crippen LogP contribution in [0.5, 0.6) is 0 Å². The monoisotopic (exact) mass is 338 g/mol. The van der Waals surface area contributed by atoms with Gasteiger partial charge in [0.2, 0.25) is 0 Å². The first kappa shape index (κ1) is 16.4. The van der Waals surface area contributed by atoms with Gasteiger partial charge in [0.15, 0.2) is 5.78 Å². The molecule has 0 bridgehead atoms. The van der Waals surface area contributed by atoms with Gasteiger partial charge in [-0.25, -0.2) is 0 Å². The molecule has 0 amide bonds. The van der Waals surface area contributed by atoms with Crippen LogP contribution in [0.3, 0.4) is 0 Å². The van der Waals surface area contributed by atoms with E-state index in [-0.39, 0.29) is 5.78 Å². The highest BCUT2D eigenvalue weighted by Crippen LogP contribution is 2.28. The van der Waals surface area contributed by atoms with Crippen molar-refractivity contribution < 1.29 is 4.79 Å². The number of Topliss-reactive ketones (excluding diaryl/α,β-unsaturated/α-hetero) is 1. The van der Waals surface area contributed by atoms with Crippen molar-refractivity contribution in [3.8, 4) is 0 Å². The average Bonchev–Trinajstić information content (AvgIpc) is 2.44. The highest BCUT2D eigenvalue weighted by atomic mass is 35.5. The number of aryl methyl sites for hydroxylation is 3. The van der Waals surface area contributed by atoms with Crippen molar-refractivity contribution >= 4 is 40.7 Å². The molecule has 4 heteroatoms. The Hall–Kier alpha value is -0.960. The maximum absolute atomic E-state index is 12.4. The summed E-state index contributed by atoms with van der Waals surface area (Å²) < 4.78 is 0. The molecule has 2 aromatic carbocycles. The molecule has 1 nitrogen and oxygen atoms in total. The maximum Gasteiger partial charge on any atom is 0.173 e. The molecule has 0 spiro atoms. The first-order chi connectivity index (χ1) is 9.88. The van der Waals surface area contributed by atoms with Crippen LogP contribution in [-0.2, 0) is 0 Å². The smallest absolute Gasteiger partial charge is 0.173 e. The van der Waals surface area contributed by atoms with Gasteiger partial charge in [0.05, 0.1) is 15.8 Å². The van der Waals surface area contributed by atoms with E-state index in [4.69, 9.17) is 23.2 Å². The molecule has 0 aliphatic heterocycles. The van der Waals surface area contributed by atoms with Crippen LogP contribution in [0.2, 0.25) is 10.0 Å². The summed E-state index contributed by atoms with van der Waals surface area (Å²) in [6.45, 7) is 6.06. The van der Waals surface area contributed by atoms with E-state index < -0.39 is 0 Å². The molecule has 0 saturated heterocycles. The minimum absolute atomic E-state index is 0.131. The van der Waals surface area contributed by atoms with Gasteiger partial charge in [0, 0.05) is 10.5 Å². The number of carbonyl (C=O) groups is 1. The highest BCUT2D eigenvalue weighted by molar-refractivity contribution is 8.00. The topological polar surface area (TPSA) is 17.1 Å². The Labute approximate surface area is 139 Å². The molecule has 2 aromatic rings. The first-order valence-electron chi connectivity index (χ1n) is 6.57. The normalized spacial score (nSPS) is 10.7. The van der Waals surface area contributed by atoms with Crippen molar-refractivity contribution in [3.05, 3.63) is 62.6 Å². The van der Waals surface area contributed by atoms with Crippen LogP contribution < -0.4 is 0 Å². The van der Waals surface area contributed by atoms with Crippen LogP contribution in [0.25, 0.3) is 0 Å². The molecular weight excluding hydrogens is 323 g/mol. The third-order valence-electron chi connectivity index (χ3n) is 3.40. The van der Waals surface area contributed by atoms with Gasteiger partial charge in [-0.2, -0.15) is 0 Å². The third-order valence-corrected chi connectivity index (χ3v) is 5.13. The molecule has 0 atom stereocenters. The number of hydrogen-bond acceptors (Lipinski definition) is 2. The Bertz CT molecular complexity index is 695. The Morgan fingerprint density at radius 2 is 1.62 bits per heavy atom. The number of benzene rings is 2. The lowest BCUT2D eigenvalue weighted by atomic mass is 9.99. The lowest BCUT2D eigenvalue weighted by Crippen LogP contribution is -2.06. The van der Waals surface area contributed by atoms with Crippen molar-refractivity contribution in [1.29, 1.82) is 0 Å². The average molecular weight is 339 g/mol. The molecule has 0 saturated carbocycles. The van der Waals surface area contributed by atoms with E-state index in [1.807, 2.05) is 26.0 Å². The second kappa shape index (κ2) is 6.87. The van der Waals surface area contributed by atoms with Crippen molar-refractivity contribution in [2.24, 2.45) is 0 Å². The Balaban J connectivity index is 2.11. The molecule has 0 aliphatic rings. The van der Waals surface area contributed by atoms with E-state index in [9.17, 15) is 4.79 Å². The van der Waals surface area contributed by atoms with E-state index in [2.05, 4.69) is 13.0 Å². The molecule has 2 rings (SSSR count). The van der Waals surface area contributed by atoms with E-state index in [0.29, 0.717) is 15.8 Å². The Morgan fingerprint density at radius 3 is 2.29 bits per heavy atom. The van der Waals surface area contributed by atoms with Crippen LogP contribution >= 0.6 is 35.0 Å². The van der Waals surface area contributed by atoms with E-state index in [1.54, 1.807) is 12.1 Å². The number of halogens is 2. The second-order valence-corrected chi connectivity index (χ2v) is 6.90. The van der Waals surface area contributed by atoms with Crippen molar-refractivity contribution in [2.45, 2.75) is 25.7 Å². The molecule has 0 fully saturated rings. The number of rotatable bonds is 4. The van der Waals surface area contributed by atoms with Crippen LogP contribution in [0.4, 0.5) is 0 Å². The maximum atomic E-state index is 12.4. The van der Waals surface area contributed by atoms with Gasteiger partial charge in [-0.05, 0) is 61.7 Å². The summed E-state index contributed by atoms with van der Waals surface area (Å²) in [6, 6.07) is 9.45. The molecular formula is C17H16Cl2OS. The number of ketones is 1. The van der Waals surface area contributed by atoms with E-state index >= 15 is 0 Å².